The van der Waals surface area contributed by atoms with Gasteiger partial charge in [-0.1, -0.05) is 182 Å². The number of hydrogen-bond acceptors (Lipinski definition) is 4. The maximum Gasteiger partial charge on any atom is 0.164 e. The highest BCUT2D eigenvalue weighted by atomic mass is 16.3. The minimum atomic E-state index is -0.488. The Morgan fingerprint density at radius 2 is 0.906 bits per heavy atom. The van der Waals surface area contributed by atoms with Gasteiger partial charge in [-0.15, -0.1) is 0 Å². The number of fused-ring (bicyclic) bond motifs is 4. The molecule has 4 nitrogen and oxygen atoms in total. The van der Waals surface area contributed by atoms with Crippen LogP contribution in [0.5, 0.6) is 0 Å². The number of aromatic nitrogens is 3. The third kappa shape index (κ3) is 5.45. The van der Waals surface area contributed by atoms with Crippen LogP contribution in [0.4, 0.5) is 0 Å². The van der Waals surface area contributed by atoms with Crippen molar-refractivity contribution in [3.8, 4) is 67.5 Å². The fraction of sp³-hybridized carbons (Fsp3) is 0. The van der Waals surface area contributed by atoms with Gasteiger partial charge >= 0.3 is 0 Å². The van der Waals surface area contributed by atoms with Crippen LogP contribution in [0.2, 0.25) is 0 Å². The first-order chi connectivity index (χ1) is 28.4. The topological polar surface area (TPSA) is 51.8 Å². The van der Waals surface area contributed by atoms with Crippen LogP contribution in [0.3, 0.4) is 0 Å². The molecular formula is C49H31N3O. The molecule has 8 aromatic carbocycles. The SMILES string of the molecule is [2H]c1c([2H])c([2H])c(-c2nc(-c3ccc(-c4ccccc4)cc3)nc(-c3cccc4oc5c(-c6ccc(-c7ccccc7)c7ccccc67)cccc5c34)n2)c([2H])c1[2H]. The molecule has 0 aliphatic rings. The van der Waals surface area contributed by atoms with Gasteiger partial charge in [-0.05, 0) is 44.7 Å². The Morgan fingerprint density at radius 3 is 1.66 bits per heavy atom. The van der Waals surface area contributed by atoms with Gasteiger partial charge in [0.1, 0.15) is 11.2 Å². The predicted molar refractivity (Wildman–Crippen MR) is 217 cm³/mol. The minimum absolute atomic E-state index is 0.0281. The van der Waals surface area contributed by atoms with Crippen LogP contribution in [-0.2, 0) is 0 Å². The molecule has 0 fully saturated rings. The van der Waals surface area contributed by atoms with Crippen LogP contribution in [-0.4, -0.2) is 15.0 Å². The molecule has 0 radical (unpaired) electrons. The number of hydrogen-bond donors (Lipinski definition) is 0. The molecule has 248 valence electrons. The highest BCUT2D eigenvalue weighted by Gasteiger charge is 2.20. The van der Waals surface area contributed by atoms with Crippen LogP contribution in [0, 0.1) is 0 Å². The molecule has 0 unspecified atom stereocenters. The number of para-hydroxylation sites is 1. The van der Waals surface area contributed by atoms with Gasteiger partial charge in [-0.3, -0.25) is 0 Å². The average molecular weight is 683 g/mol. The first-order valence-electron chi connectivity index (χ1n) is 19.9. The summed E-state index contributed by atoms with van der Waals surface area (Å²) in [5.74, 6) is 0.539. The summed E-state index contributed by atoms with van der Waals surface area (Å²) in [5.41, 5.74) is 8.89. The van der Waals surface area contributed by atoms with Crippen molar-refractivity contribution in [2.45, 2.75) is 0 Å². The molecule has 0 saturated carbocycles. The predicted octanol–water partition coefficient (Wildman–Crippen LogP) is 12.9. The van der Waals surface area contributed by atoms with Gasteiger partial charge in [0.15, 0.2) is 17.5 Å². The highest BCUT2D eigenvalue weighted by molar-refractivity contribution is 6.17. The lowest BCUT2D eigenvalue weighted by atomic mass is 9.91. The van der Waals surface area contributed by atoms with E-state index in [1.165, 1.54) is 0 Å². The summed E-state index contributed by atoms with van der Waals surface area (Å²) in [4.78, 5) is 14.6. The van der Waals surface area contributed by atoms with Crippen molar-refractivity contribution in [3.63, 3.8) is 0 Å². The molecular weight excluding hydrogens is 647 g/mol. The van der Waals surface area contributed by atoms with Crippen molar-refractivity contribution in [2.75, 3.05) is 0 Å². The third-order valence-corrected chi connectivity index (χ3v) is 9.67. The molecule has 10 rings (SSSR count). The Morgan fingerprint density at radius 1 is 0.358 bits per heavy atom. The molecule has 0 saturated heterocycles. The Hall–Kier alpha value is -7.17. The standard InChI is InChI=1S/C49H31N3O/c1-4-14-32(15-5-1)33-26-28-36(29-27-33)48-50-47(35-18-8-3-9-19-35)51-49(52-48)43-24-13-25-44-45(43)42-23-12-22-41(46(42)53-44)40-31-30-37(34-16-6-2-7-17-34)38-20-10-11-21-39(38)40/h1-31H/i3D,8D,9D,18D,19D. The van der Waals surface area contributed by atoms with E-state index in [0.717, 1.165) is 54.9 Å². The largest absolute Gasteiger partial charge is 0.455 e. The smallest absolute Gasteiger partial charge is 0.164 e. The van der Waals surface area contributed by atoms with E-state index in [-0.39, 0.29) is 17.2 Å². The molecule has 0 atom stereocenters. The van der Waals surface area contributed by atoms with E-state index in [9.17, 15) is 0 Å². The fourth-order valence-corrected chi connectivity index (χ4v) is 7.19. The molecule has 53 heavy (non-hydrogen) atoms. The molecule has 0 amide bonds. The molecule has 2 heterocycles. The summed E-state index contributed by atoms with van der Waals surface area (Å²) in [6.07, 6.45) is 0. The van der Waals surface area contributed by atoms with E-state index in [1.54, 1.807) is 0 Å². The van der Waals surface area contributed by atoms with Gasteiger partial charge in [0.05, 0.1) is 6.85 Å². The first kappa shape index (κ1) is 25.7. The summed E-state index contributed by atoms with van der Waals surface area (Å²) < 4.78 is 49.3. The van der Waals surface area contributed by atoms with E-state index in [1.807, 2.05) is 91.0 Å². The molecule has 0 aliphatic heterocycles. The normalized spacial score (nSPS) is 12.7. The summed E-state index contributed by atoms with van der Waals surface area (Å²) in [6, 6.07) is 50.6. The monoisotopic (exact) mass is 682 g/mol. The van der Waals surface area contributed by atoms with Crippen molar-refractivity contribution in [3.05, 3.63) is 188 Å². The van der Waals surface area contributed by atoms with E-state index in [0.29, 0.717) is 28.1 Å². The van der Waals surface area contributed by atoms with Gasteiger partial charge in [-0.2, -0.15) is 0 Å². The van der Waals surface area contributed by atoms with Gasteiger partial charge in [-0.25, -0.2) is 15.0 Å². The molecule has 0 bridgehead atoms. The number of benzene rings is 8. The van der Waals surface area contributed by atoms with E-state index < -0.39 is 30.2 Å². The van der Waals surface area contributed by atoms with Crippen LogP contribution < -0.4 is 0 Å². The van der Waals surface area contributed by atoms with Crippen molar-refractivity contribution < 1.29 is 11.3 Å². The van der Waals surface area contributed by atoms with Crippen molar-refractivity contribution >= 4 is 32.7 Å². The lowest BCUT2D eigenvalue weighted by Crippen LogP contribution is -2.00. The van der Waals surface area contributed by atoms with Gasteiger partial charge in [0.2, 0.25) is 0 Å². The van der Waals surface area contributed by atoms with E-state index in [2.05, 4.69) is 66.7 Å². The zero-order chi connectivity index (χ0) is 39.5. The summed E-state index contributed by atoms with van der Waals surface area (Å²) in [7, 11) is 0. The fourth-order valence-electron chi connectivity index (χ4n) is 7.19. The molecule has 4 heteroatoms. The second-order valence-corrected chi connectivity index (χ2v) is 12.8. The number of nitrogens with zero attached hydrogens (tertiary/aromatic N) is 3. The molecule has 0 spiro atoms. The maximum atomic E-state index is 8.80. The second-order valence-electron chi connectivity index (χ2n) is 12.8. The Labute approximate surface area is 313 Å². The van der Waals surface area contributed by atoms with Crippen molar-refractivity contribution in [2.24, 2.45) is 0 Å². The average Bonchev–Trinajstić information content (AvgIpc) is 3.67. The lowest BCUT2D eigenvalue weighted by Gasteiger charge is -2.12. The Bertz CT molecular complexity index is 3190. The Kier molecular flexibility index (Phi) is 6.24. The molecule has 0 N–H and O–H groups in total. The van der Waals surface area contributed by atoms with Gasteiger partial charge < -0.3 is 4.42 Å². The lowest BCUT2D eigenvalue weighted by molar-refractivity contribution is 0.670. The Balaban J connectivity index is 1.18. The van der Waals surface area contributed by atoms with E-state index in [4.69, 9.17) is 26.2 Å². The number of furan rings is 1. The van der Waals surface area contributed by atoms with Crippen molar-refractivity contribution in [1.29, 1.82) is 0 Å². The molecule has 0 aliphatic carbocycles. The summed E-state index contributed by atoms with van der Waals surface area (Å²) >= 11 is 0. The quantitative estimate of drug-likeness (QED) is 0.175. The van der Waals surface area contributed by atoms with Crippen LogP contribution in [0.15, 0.2) is 192 Å². The second kappa shape index (κ2) is 12.9. The molecule has 2 aromatic heterocycles. The summed E-state index contributed by atoms with van der Waals surface area (Å²) in [5, 5.41) is 3.88. The highest BCUT2D eigenvalue weighted by Crippen LogP contribution is 2.43. The van der Waals surface area contributed by atoms with Crippen molar-refractivity contribution in [1.82, 2.24) is 15.0 Å². The maximum absolute atomic E-state index is 8.80. The zero-order valence-electron chi connectivity index (χ0n) is 33.3. The van der Waals surface area contributed by atoms with Gasteiger partial charge in [0, 0.05) is 33.0 Å². The van der Waals surface area contributed by atoms with Crippen LogP contribution in [0.1, 0.15) is 6.85 Å². The number of rotatable bonds is 6. The van der Waals surface area contributed by atoms with Crippen LogP contribution >= 0.6 is 0 Å². The minimum Gasteiger partial charge on any atom is -0.455 e. The first-order valence-corrected chi connectivity index (χ1v) is 17.4. The third-order valence-electron chi connectivity index (χ3n) is 9.67. The van der Waals surface area contributed by atoms with Crippen LogP contribution in [0.25, 0.3) is 100 Å². The molecule has 10 aromatic rings. The van der Waals surface area contributed by atoms with Gasteiger partial charge in [0.25, 0.3) is 0 Å². The summed E-state index contributed by atoms with van der Waals surface area (Å²) in [6.45, 7) is 0. The van der Waals surface area contributed by atoms with E-state index >= 15 is 0 Å². The zero-order valence-corrected chi connectivity index (χ0v) is 28.3.